The number of nitriles is 1. The molecule has 2 aliphatic rings. The second-order valence-corrected chi connectivity index (χ2v) is 8.49. The third-order valence-corrected chi connectivity index (χ3v) is 6.75. The molecule has 150 valence electrons. The van der Waals surface area contributed by atoms with Crippen LogP contribution in [0.4, 0.5) is 5.82 Å². The SMILES string of the molecule is CCCc1cc(N2CCN(C3CCCC3)CC2)n2c(nc3ccccc32)c1C#N. The molecule has 0 N–H and O–H groups in total. The van der Waals surface area contributed by atoms with Crippen molar-refractivity contribution >= 4 is 22.5 Å². The quantitative estimate of drug-likeness (QED) is 0.667. The fourth-order valence-electron chi connectivity index (χ4n) is 5.27. The lowest BCUT2D eigenvalue weighted by Gasteiger charge is -2.39. The van der Waals surface area contributed by atoms with Crippen molar-refractivity contribution in [2.75, 3.05) is 31.1 Å². The fourth-order valence-corrected chi connectivity index (χ4v) is 5.27. The number of anilines is 1. The molecule has 29 heavy (non-hydrogen) atoms. The molecule has 0 bridgehead atoms. The summed E-state index contributed by atoms with van der Waals surface area (Å²) in [5.74, 6) is 1.20. The van der Waals surface area contributed by atoms with Gasteiger partial charge in [-0.2, -0.15) is 5.26 Å². The summed E-state index contributed by atoms with van der Waals surface area (Å²) in [4.78, 5) is 10.1. The second-order valence-electron chi connectivity index (χ2n) is 8.49. The van der Waals surface area contributed by atoms with Crippen molar-refractivity contribution < 1.29 is 0 Å². The van der Waals surface area contributed by atoms with Gasteiger partial charge in [-0.15, -0.1) is 0 Å². The summed E-state index contributed by atoms with van der Waals surface area (Å²) in [6.45, 7) is 6.50. The summed E-state index contributed by atoms with van der Waals surface area (Å²) in [5, 5.41) is 9.90. The van der Waals surface area contributed by atoms with Crippen LogP contribution in [-0.2, 0) is 6.42 Å². The Morgan fingerprint density at radius 1 is 1.10 bits per heavy atom. The Morgan fingerprint density at radius 3 is 2.59 bits per heavy atom. The van der Waals surface area contributed by atoms with Crippen LogP contribution >= 0.6 is 0 Å². The smallest absolute Gasteiger partial charge is 0.157 e. The number of piperazine rings is 1. The van der Waals surface area contributed by atoms with E-state index in [1.54, 1.807) is 0 Å². The summed E-state index contributed by atoms with van der Waals surface area (Å²) in [7, 11) is 0. The van der Waals surface area contributed by atoms with Gasteiger partial charge in [-0.1, -0.05) is 38.3 Å². The van der Waals surface area contributed by atoms with Gasteiger partial charge in [0.2, 0.25) is 0 Å². The van der Waals surface area contributed by atoms with Gasteiger partial charge in [0.05, 0.1) is 16.6 Å². The highest BCUT2D eigenvalue weighted by molar-refractivity contribution is 5.85. The Kier molecular flexibility index (Phi) is 4.89. The van der Waals surface area contributed by atoms with Gasteiger partial charge in [-0.25, -0.2) is 4.98 Å². The number of aryl methyl sites for hydroxylation is 1. The first kappa shape index (κ1) is 18.4. The van der Waals surface area contributed by atoms with Crippen LogP contribution in [0.2, 0.25) is 0 Å². The molecule has 3 aromatic rings. The minimum absolute atomic E-state index is 0.733. The lowest BCUT2D eigenvalue weighted by Crippen LogP contribution is -2.50. The number of aromatic nitrogens is 2. The molecule has 2 fully saturated rings. The molecular formula is C24H29N5. The maximum Gasteiger partial charge on any atom is 0.157 e. The zero-order chi connectivity index (χ0) is 19.8. The van der Waals surface area contributed by atoms with E-state index in [1.165, 1.54) is 31.5 Å². The number of para-hydroxylation sites is 2. The second kappa shape index (κ2) is 7.68. The van der Waals surface area contributed by atoms with Gasteiger partial charge in [0.1, 0.15) is 11.9 Å². The predicted octanol–water partition coefficient (Wildman–Crippen LogP) is 4.38. The Bertz CT molecular complexity index is 1060. The predicted molar refractivity (Wildman–Crippen MR) is 117 cm³/mol. The van der Waals surface area contributed by atoms with Crippen molar-refractivity contribution in [2.45, 2.75) is 51.5 Å². The molecule has 1 aliphatic heterocycles. The highest BCUT2D eigenvalue weighted by Gasteiger charge is 2.28. The largest absolute Gasteiger partial charge is 0.355 e. The van der Waals surface area contributed by atoms with Crippen LogP contribution in [0, 0.1) is 11.3 Å². The summed E-state index contributed by atoms with van der Waals surface area (Å²) in [6.07, 6.45) is 7.46. The maximum absolute atomic E-state index is 9.90. The van der Waals surface area contributed by atoms with E-state index < -0.39 is 0 Å². The van der Waals surface area contributed by atoms with Crippen LogP contribution in [0.25, 0.3) is 16.7 Å². The van der Waals surface area contributed by atoms with Crippen molar-refractivity contribution in [3.05, 3.63) is 41.5 Å². The minimum Gasteiger partial charge on any atom is -0.355 e. The molecule has 5 rings (SSSR count). The molecule has 1 aromatic carbocycles. The normalized spacial score (nSPS) is 18.7. The lowest BCUT2D eigenvalue weighted by molar-refractivity contribution is 0.187. The number of fused-ring (bicyclic) bond motifs is 3. The van der Waals surface area contributed by atoms with E-state index in [1.807, 2.05) is 12.1 Å². The van der Waals surface area contributed by atoms with E-state index in [2.05, 4.69) is 45.4 Å². The van der Waals surface area contributed by atoms with Gasteiger partial charge >= 0.3 is 0 Å². The summed E-state index contributed by atoms with van der Waals surface area (Å²) in [6, 6.07) is 13.7. The van der Waals surface area contributed by atoms with Gasteiger partial charge in [0, 0.05) is 32.2 Å². The standard InChI is InChI=1S/C24H29N5/c1-2-7-18-16-23(28-14-12-27(13-15-28)19-8-3-4-9-19)29-22-11-6-5-10-21(22)26-24(29)20(18)17-25/h5-6,10-11,16,19H,2-4,7-9,12-15H2,1H3. The first-order chi connectivity index (χ1) is 14.3. The van der Waals surface area contributed by atoms with Gasteiger partial charge in [0.15, 0.2) is 5.65 Å². The van der Waals surface area contributed by atoms with Crippen molar-refractivity contribution in [3.63, 3.8) is 0 Å². The molecule has 0 radical (unpaired) electrons. The zero-order valence-electron chi connectivity index (χ0n) is 17.3. The first-order valence-corrected chi connectivity index (χ1v) is 11.1. The number of hydrogen-bond acceptors (Lipinski definition) is 4. The van der Waals surface area contributed by atoms with Crippen LogP contribution in [0.5, 0.6) is 0 Å². The highest BCUT2D eigenvalue weighted by Crippen LogP contribution is 2.31. The Morgan fingerprint density at radius 2 is 1.86 bits per heavy atom. The van der Waals surface area contributed by atoms with Crippen LogP contribution in [0.15, 0.2) is 30.3 Å². The zero-order valence-corrected chi connectivity index (χ0v) is 17.3. The van der Waals surface area contributed by atoms with E-state index in [-0.39, 0.29) is 0 Å². The van der Waals surface area contributed by atoms with Crippen LogP contribution in [-0.4, -0.2) is 46.5 Å². The van der Waals surface area contributed by atoms with E-state index in [4.69, 9.17) is 4.98 Å². The third kappa shape index (κ3) is 3.16. The number of benzene rings is 1. The van der Waals surface area contributed by atoms with Gasteiger partial charge < -0.3 is 4.90 Å². The average molecular weight is 388 g/mol. The number of imidazole rings is 1. The molecule has 1 saturated heterocycles. The van der Waals surface area contributed by atoms with Crippen LogP contribution < -0.4 is 4.90 Å². The molecule has 1 saturated carbocycles. The van der Waals surface area contributed by atoms with Gasteiger partial charge in [-0.3, -0.25) is 9.30 Å². The van der Waals surface area contributed by atoms with Crippen molar-refractivity contribution in [1.82, 2.24) is 14.3 Å². The highest BCUT2D eigenvalue weighted by atomic mass is 15.3. The number of rotatable bonds is 4. The summed E-state index contributed by atoms with van der Waals surface area (Å²) in [5.41, 5.74) is 4.73. The maximum atomic E-state index is 9.90. The Hall–Kier alpha value is -2.58. The lowest BCUT2D eigenvalue weighted by atomic mass is 10.0. The van der Waals surface area contributed by atoms with E-state index in [9.17, 15) is 5.26 Å². The Balaban J connectivity index is 1.58. The Labute approximate surface area is 172 Å². The number of nitrogens with zero attached hydrogens (tertiary/aromatic N) is 5. The average Bonchev–Trinajstić information content (AvgIpc) is 3.42. The van der Waals surface area contributed by atoms with Gasteiger partial charge in [0.25, 0.3) is 0 Å². The van der Waals surface area contributed by atoms with E-state index in [0.717, 1.165) is 72.9 Å². The number of pyridine rings is 1. The molecule has 0 atom stereocenters. The van der Waals surface area contributed by atoms with Crippen LogP contribution in [0.1, 0.15) is 50.2 Å². The summed E-state index contributed by atoms with van der Waals surface area (Å²) < 4.78 is 2.22. The minimum atomic E-state index is 0.733. The van der Waals surface area contributed by atoms with Crippen molar-refractivity contribution in [3.8, 4) is 6.07 Å². The molecule has 5 heteroatoms. The fraction of sp³-hybridized carbons (Fsp3) is 0.500. The van der Waals surface area contributed by atoms with Gasteiger partial charge in [-0.05, 0) is 43.0 Å². The third-order valence-electron chi connectivity index (χ3n) is 6.75. The number of hydrogen-bond donors (Lipinski definition) is 0. The molecular weight excluding hydrogens is 358 g/mol. The topological polar surface area (TPSA) is 47.6 Å². The van der Waals surface area contributed by atoms with Crippen LogP contribution in [0.3, 0.4) is 0 Å². The molecule has 0 unspecified atom stereocenters. The van der Waals surface area contributed by atoms with Crippen molar-refractivity contribution in [2.24, 2.45) is 0 Å². The summed E-state index contributed by atoms with van der Waals surface area (Å²) >= 11 is 0. The molecule has 5 nitrogen and oxygen atoms in total. The molecule has 1 aliphatic carbocycles. The van der Waals surface area contributed by atoms with E-state index in [0.29, 0.717) is 0 Å². The van der Waals surface area contributed by atoms with Crippen molar-refractivity contribution in [1.29, 1.82) is 5.26 Å². The molecule has 0 amide bonds. The van der Waals surface area contributed by atoms with E-state index >= 15 is 0 Å². The molecule has 3 heterocycles. The molecule has 2 aromatic heterocycles. The monoisotopic (exact) mass is 387 g/mol. The first-order valence-electron chi connectivity index (χ1n) is 11.1. The molecule has 0 spiro atoms.